The second kappa shape index (κ2) is 5.65. The molecule has 1 aliphatic heterocycles. The van der Waals surface area contributed by atoms with E-state index in [0.717, 1.165) is 36.8 Å². The Bertz CT molecular complexity index is 395. The van der Waals surface area contributed by atoms with Gasteiger partial charge in [-0.25, -0.2) is 0 Å². The Morgan fingerprint density at radius 3 is 2.71 bits per heavy atom. The Hall–Kier alpha value is -0.870. The quantitative estimate of drug-likeness (QED) is 0.815. The zero-order valence-corrected chi connectivity index (χ0v) is 11.3. The van der Waals surface area contributed by atoms with Crippen LogP contribution in [0.5, 0.6) is 11.5 Å². The Morgan fingerprint density at radius 1 is 1.29 bits per heavy atom. The zero-order chi connectivity index (χ0) is 12.3. The molecule has 0 aliphatic carbocycles. The lowest BCUT2D eigenvalue weighted by atomic mass is 10.1. The predicted molar refractivity (Wildman–Crippen MR) is 72.1 cm³/mol. The van der Waals surface area contributed by atoms with Crippen molar-refractivity contribution in [3.63, 3.8) is 0 Å². The van der Waals surface area contributed by atoms with Gasteiger partial charge >= 0.3 is 0 Å². The summed E-state index contributed by atoms with van der Waals surface area (Å²) in [6, 6.07) is 4.15. The average molecular weight is 253 g/mol. The van der Waals surface area contributed by atoms with E-state index in [2.05, 4.69) is 43.6 Å². The van der Waals surface area contributed by atoms with Crippen LogP contribution in [0.3, 0.4) is 0 Å². The van der Waals surface area contributed by atoms with Crippen molar-refractivity contribution in [1.82, 2.24) is 4.90 Å². The summed E-state index contributed by atoms with van der Waals surface area (Å²) < 4.78 is 10.8. The normalized spacial score (nSPS) is 13.4. The second-order valence-electron chi connectivity index (χ2n) is 4.45. The molecule has 2 rings (SSSR count). The van der Waals surface area contributed by atoms with Crippen LogP contribution in [-0.4, -0.2) is 31.0 Å². The maximum atomic E-state index is 5.40. The smallest absolute Gasteiger partial charge is 0.231 e. The molecule has 4 heteroatoms. The topological polar surface area (TPSA) is 21.7 Å². The Balaban J connectivity index is 2.05. The highest BCUT2D eigenvalue weighted by atomic mass is 32.1. The zero-order valence-electron chi connectivity index (χ0n) is 10.4. The number of aryl methyl sites for hydroxylation is 1. The monoisotopic (exact) mass is 253 g/mol. The van der Waals surface area contributed by atoms with Crippen molar-refractivity contribution in [2.75, 3.05) is 26.1 Å². The molecule has 0 saturated heterocycles. The standard InChI is InChI=1S/C13H19NO2S/c1-10-6-12-13(16-9-15-12)7-11(10)8-14(2)4-3-5-17/h6-7,17H,3-5,8-9H2,1-2H3. The van der Waals surface area contributed by atoms with Crippen LogP contribution in [0, 0.1) is 6.92 Å². The minimum Gasteiger partial charge on any atom is -0.454 e. The molecule has 1 aliphatic rings. The summed E-state index contributed by atoms with van der Waals surface area (Å²) in [5, 5.41) is 0. The summed E-state index contributed by atoms with van der Waals surface area (Å²) in [5.41, 5.74) is 2.56. The van der Waals surface area contributed by atoms with E-state index in [1.807, 2.05) is 0 Å². The molecular weight excluding hydrogens is 234 g/mol. The number of fused-ring (bicyclic) bond motifs is 1. The van der Waals surface area contributed by atoms with E-state index >= 15 is 0 Å². The maximum absolute atomic E-state index is 5.40. The third kappa shape index (κ3) is 3.07. The lowest BCUT2D eigenvalue weighted by molar-refractivity contribution is 0.174. The number of ether oxygens (including phenoxy) is 2. The van der Waals surface area contributed by atoms with Crippen molar-refractivity contribution in [3.05, 3.63) is 23.3 Å². The summed E-state index contributed by atoms with van der Waals surface area (Å²) >= 11 is 4.23. The van der Waals surface area contributed by atoms with Crippen LogP contribution in [0.15, 0.2) is 12.1 Å². The molecule has 0 fully saturated rings. The third-order valence-corrected chi connectivity index (χ3v) is 3.29. The first kappa shape index (κ1) is 12.6. The van der Waals surface area contributed by atoms with Crippen LogP contribution in [0.4, 0.5) is 0 Å². The lowest BCUT2D eigenvalue weighted by Crippen LogP contribution is -2.19. The van der Waals surface area contributed by atoms with Crippen LogP contribution < -0.4 is 9.47 Å². The van der Waals surface area contributed by atoms with Gasteiger partial charge in [0.25, 0.3) is 0 Å². The van der Waals surface area contributed by atoms with Gasteiger partial charge in [-0.15, -0.1) is 0 Å². The van der Waals surface area contributed by atoms with E-state index in [4.69, 9.17) is 9.47 Å². The van der Waals surface area contributed by atoms with E-state index in [1.165, 1.54) is 11.1 Å². The van der Waals surface area contributed by atoms with Gasteiger partial charge in [-0.3, -0.25) is 0 Å². The molecule has 0 spiro atoms. The largest absolute Gasteiger partial charge is 0.454 e. The number of rotatable bonds is 5. The van der Waals surface area contributed by atoms with Gasteiger partial charge in [0.15, 0.2) is 11.5 Å². The second-order valence-corrected chi connectivity index (χ2v) is 4.89. The molecule has 1 aromatic rings. The van der Waals surface area contributed by atoms with Gasteiger partial charge < -0.3 is 14.4 Å². The minimum atomic E-state index is 0.341. The van der Waals surface area contributed by atoms with Crippen LogP contribution in [0.1, 0.15) is 17.5 Å². The van der Waals surface area contributed by atoms with E-state index < -0.39 is 0 Å². The summed E-state index contributed by atoms with van der Waals surface area (Å²) in [7, 11) is 2.13. The number of thiol groups is 1. The van der Waals surface area contributed by atoms with Crippen LogP contribution >= 0.6 is 12.6 Å². The molecule has 0 aromatic heterocycles. The Kier molecular flexibility index (Phi) is 4.18. The van der Waals surface area contributed by atoms with Gasteiger partial charge in [0.1, 0.15) is 0 Å². The van der Waals surface area contributed by atoms with Gasteiger partial charge in [-0.1, -0.05) is 0 Å². The first-order valence-corrected chi connectivity index (χ1v) is 6.52. The fourth-order valence-corrected chi connectivity index (χ4v) is 2.11. The molecule has 17 heavy (non-hydrogen) atoms. The molecule has 1 heterocycles. The van der Waals surface area contributed by atoms with E-state index in [1.54, 1.807) is 0 Å². The van der Waals surface area contributed by atoms with E-state index in [9.17, 15) is 0 Å². The number of hydrogen-bond acceptors (Lipinski definition) is 4. The fourth-order valence-electron chi connectivity index (χ4n) is 1.97. The highest BCUT2D eigenvalue weighted by molar-refractivity contribution is 7.80. The molecule has 3 nitrogen and oxygen atoms in total. The van der Waals surface area contributed by atoms with Gasteiger partial charge in [0.2, 0.25) is 6.79 Å². The van der Waals surface area contributed by atoms with Gasteiger partial charge in [-0.2, -0.15) is 12.6 Å². The summed E-state index contributed by atoms with van der Waals surface area (Å²) in [6.45, 7) is 4.46. The third-order valence-electron chi connectivity index (χ3n) is 2.97. The van der Waals surface area contributed by atoms with Gasteiger partial charge in [0.05, 0.1) is 0 Å². The first-order chi connectivity index (χ1) is 8.20. The first-order valence-electron chi connectivity index (χ1n) is 5.89. The summed E-state index contributed by atoms with van der Waals surface area (Å²) in [6.07, 6.45) is 1.11. The molecule has 0 N–H and O–H groups in total. The fraction of sp³-hybridized carbons (Fsp3) is 0.538. The molecule has 0 radical (unpaired) electrons. The molecule has 0 amide bonds. The number of benzene rings is 1. The molecule has 0 unspecified atom stereocenters. The average Bonchev–Trinajstić information content (AvgIpc) is 2.74. The summed E-state index contributed by atoms with van der Waals surface area (Å²) in [4.78, 5) is 2.31. The van der Waals surface area contributed by atoms with Crippen LogP contribution in [-0.2, 0) is 6.54 Å². The molecule has 0 atom stereocenters. The van der Waals surface area contributed by atoms with Gasteiger partial charge in [-0.05, 0) is 55.9 Å². The van der Waals surface area contributed by atoms with Crippen LogP contribution in [0.25, 0.3) is 0 Å². The predicted octanol–water partition coefficient (Wildman–Crippen LogP) is 2.48. The Morgan fingerprint density at radius 2 is 2.00 bits per heavy atom. The minimum absolute atomic E-state index is 0.341. The van der Waals surface area contributed by atoms with E-state index in [0.29, 0.717) is 6.79 Å². The highest BCUT2D eigenvalue weighted by Crippen LogP contribution is 2.34. The molecule has 0 saturated carbocycles. The lowest BCUT2D eigenvalue weighted by Gasteiger charge is -2.17. The number of hydrogen-bond donors (Lipinski definition) is 1. The number of nitrogens with zero attached hydrogens (tertiary/aromatic N) is 1. The van der Waals surface area contributed by atoms with Gasteiger partial charge in [0, 0.05) is 6.54 Å². The van der Waals surface area contributed by atoms with Crippen molar-refractivity contribution in [1.29, 1.82) is 0 Å². The molecular formula is C13H19NO2S. The Labute approximate surface area is 108 Å². The van der Waals surface area contributed by atoms with E-state index in [-0.39, 0.29) is 0 Å². The summed E-state index contributed by atoms with van der Waals surface area (Å²) in [5.74, 6) is 2.67. The highest BCUT2D eigenvalue weighted by Gasteiger charge is 2.16. The molecule has 0 bridgehead atoms. The SMILES string of the molecule is Cc1cc2c(cc1CN(C)CCCS)OCO2. The molecule has 94 valence electrons. The van der Waals surface area contributed by atoms with Crippen molar-refractivity contribution in [3.8, 4) is 11.5 Å². The van der Waals surface area contributed by atoms with Crippen molar-refractivity contribution in [2.45, 2.75) is 19.9 Å². The maximum Gasteiger partial charge on any atom is 0.231 e. The van der Waals surface area contributed by atoms with Crippen molar-refractivity contribution in [2.24, 2.45) is 0 Å². The van der Waals surface area contributed by atoms with Crippen molar-refractivity contribution >= 4 is 12.6 Å². The molecule has 1 aromatic carbocycles. The van der Waals surface area contributed by atoms with Crippen molar-refractivity contribution < 1.29 is 9.47 Å². The van der Waals surface area contributed by atoms with Crippen LogP contribution in [0.2, 0.25) is 0 Å².